The fourth-order valence-corrected chi connectivity index (χ4v) is 5.29. The molecular weight excluding hydrogens is 663 g/mol. The van der Waals surface area contributed by atoms with Gasteiger partial charge >= 0.3 is 0 Å². The van der Waals surface area contributed by atoms with Crippen molar-refractivity contribution in [2.75, 3.05) is 19.6 Å². The van der Waals surface area contributed by atoms with E-state index in [9.17, 15) is 0 Å². The maximum atomic E-state index is 6.43. The molecule has 4 aromatic carbocycles. The SMILES string of the molecule is NCCNCC(=Cc1nccc(OCc2ccccc2)c1OCc1ccccc1)N=Cc1nccc(OCc2ccccc2)c1OCc1ccccc1. The van der Waals surface area contributed by atoms with Crippen LogP contribution in [0.2, 0.25) is 0 Å². The Kier molecular flexibility index (Phi) is 13.7. The Bertz CT molecular complexity index is 2040. The highest BCUT2D eigenvalue weighted by molar-refractivity contribution is 5.83. The van der Waals surface area contributed by atoms with Crippen molar-refractivity contribution in [2.24, 2.45) is 10.7 Å². The van der Waals surface area contributed by atoms with E-state index in [0.717, 1.165) is 22.3 Å². The molecule has 0 amide bonds. The topological polar surface area (TPSA) is 113 Å². The van der Waals surface area contributed by atoms with E-state index >= 15 is 0 Å². The summed E-state index contributed by atoms with van der Waals surface area (Å²) in [7, 11) is 0. The number of aliphatic imine (C=N–C) groups is 1. The Balaban J connectivity index is 1.32. The number of pyridine rings is 2. The first-order valence-electron chi connectivity index (χ1n) is 17.6. The zero-order valence-electron chi connectivity index (χ0n) is 29.5. The highest BCUT2D eigenvalue weighted by atomic mass is 16.5. The molecule has 0 unspecified atom stereocenters. The smallest absolute Gasteiger partial charge is 0.188 e. The summed E-state index contributed by atoms with van der Waals surface area (Å²) in [5.74, 6) is 2.15. The van der Waals surface area contributed by atoms with Crippen LogP contribution in [0.25, 0.3) is 6.08 Å². The summed E-state index contributed by atoms with van der Waals surface area (Å²) < 4.78 is 25.4. The van der Waals surface area contributed by atoms with E-state index in [-0.39, 0.29) is 0 Å². The van der Waals surface area contributed by atoms with Gasteiger partial charge in [-0.15, -0.1) is 0 Å². The van der Waals surface area contributed by atoms with E-state index in [1.807, 2.05) is 133 Å². The highest BCUT2D eigenvalue weighted by Crippen LogP contribution is 2.34. The minimum absolute atomic E-state index is 0.331. The Morgan fingerprint density at radius 3 is 1.42 bits per heavy atom. The quantitative estimate of drug-likeness (QED) is 0.0649. The van der Waals surface area contributed by atoms with Crippen molar-refractivity contribution in [3.63, 3.8) is 0 Å². The zero-order valence-corrected chi connectivity index (χ0v) is 29.5. The molecule has 3 N–H and O–H groups in total. The van der Waals surface area contributed by atoms with Crippen molar-refractivity contribution < 1.29 is 18.9 Å². The molecule has 0 aliphatic rings. The van der Waals surface area contributed by atoms with E-state index < -0.39 is 0 Å². The van der Waals surface area contributed by atoms with Crippen LogP contribution in [0.3, 0.4) is 0 Å². The normalized spacial score (nSPS) is 11.4. The number of nitrogens with one attached hydrogen (secondary N) is 1. The average Bonchev–Trinajstić information content (AvgIpc) is 3.22. The van der Waals surface area contributed by atoms with Gasteiger partial charge in [-0.05, 0) is 28.3 Å². The fourth-order valence-electron chi connectivity index (χ4n) is 5.29. The van der Waals surface area contributed by atoms with Crippen molar-refractivity contribution in [1.82, 2.24) is 15.3 Å². The molecule has 2 aromatic heterocycles. The number of nitrogens with zero attached hydrogens (tertiary/aromatic N) is 3. The van der Waals surface area contributed by atoms with Crippen molar-refractivity contribution in [2.45, 2.75) is 26.4 Å². The molecule has 0 radical (unpaired) electrons. The first-order valence-corrected chi connectivity index (χ1v) is 17.6. The predicted molar refractivity (Wildman–Crippen MR) is 209 cm³/mol. The molecular formula is C44H43N5O4. The summed E-state index contributed by atoms with van der Waals surface area (Å²) in [6.45, 7) is 2.90. The van der Waals surface area contributed by atoms with E-state index in [0.29, 0.717) is 86.1 Å². The first kappa shape index (κ1) is 36.5. The molecule has 6 aromatic rings. The fraction of sp³-hybridized carbons (Fsp3) is 0.159. The largest absolute Gasteiger partial charge is 0.485 e. The lowest BCUT2D eigenvalue weighted by molar-refractivity contribution is 0.254. The summed E-state index contributed by atoms with van der Waals surface area (Å²) in [6, 6.07) is 43.6. The van der Waals surface area contributed by atoms with Gasteiger partial charge in [-0.3, -0.25) is 15.0 Å². The van der Waals surface area contributed by atoms with E-state index in [1.165, 1.54) is 0 Å². The second-order valence-electron chi connectivity index (χ2n) is 12.0. The van der Waals surface area contributed by atoms with Gasteiger partial charge < -0.3 is 30.0 Å². The Hall–Kier alpha value is -6.29. The Morgan fingerprint density at radius 1 is 0.547 bits per heavy atom. The van der Waals surface area contributed by atoms with E-state index in [4.69, 9.17) is 34.7 Å². The van der Waals surface area contributed by atoms with Crippen molar-refractivity contribution in [3.05, 3.63) is 185 Å². The summed E-state index contributed by atoms with van der Waals surface area (Å²) in [5.41, 5.74) is 11.7. The van der Waals surface area contributed by atoms with Gasteiger partial charge in [0.25, 0.3) is 0 Å². The van der Waals surface area contributed by atoms with Crippen LogP contribution in [0.4, 0.5) is 0 Å². The van der Waals surface area contributed by atoms with Gasteiger partial charge in [-0.1, -0.05) is 121 Å². The standard InChI is InChI=1S/C44H43N5O4/c45-23-26-46-28-38(27-39-43(52-32-36-17-9-3-10-18-36)41(21-24-47-39)50-30-34-13-5-1-6-14-34)49-29-40-44(53-33-37-19-11-4-12-20-37)42(22-25-48-40)51-31-35-15-7-2-8-16-35/h1-22,24-25,27,29,46H,23,26,28,30-33,45H2. The van der Waals surface area contributed by atoms with E-state index in [1.54, 1.807) is 24.7 Å². The minimum atomic E-state index is 0.331. The van der Waals surface area contributed by atoms with Crippen LogP contribution in [0.1, 0.15) is 33.6 Å². The lowest BCUT2D eigenvalue weighted by Crippen LogP contribution is -2.24. The van der Waals surface area contributed by atoms with Crippen molar-refractivity contribution >= 4 is 12.3 Å². The molecule has 0 aliphatic carbocycles. The lowest BCUT2D eigenvalue weighted by atomic mass is 10.2. The van der Waals surface area contributed by atoms with Crippen LogP contribution in [0.15, 0.2) is 157 Å². The second kappa shape index (κ2) is 19.9. The first-order chi connectivity index (χ1) is 26.2. The number of hydrogen-bond acceptors (Lipinski definition) is 9. The molecule has 0 spiro atoms. The van der Waals surface area contributed by atoms with Gasteiger partial charge in [0.05, 0.1) is 11.9 Å². The van der Waals surface area contributed by atoms with Gasteiger partial charge in [-0.2, -0.15) is 0 Å². The molecule has 0 saturated carbocycles. The molecule has 9 heteroatoms. The Morgan fingerprint density at radius 2 is 0.962 bits per heavy atom. The third kappa shape index (κ3) is 11.4. The van der Waals surface area contributed by atoms with Crippen LogP contribution in [-0.2, 0) is 26.4 Å². The summed E-state index contributed by atoms with van der Waals surface area (Å²) in [6.07, 6.45) is 6.97. The molecule has 0 bridgehead atoms. The molecule has 2 heterocycles. The molecule has 268 valence electrons. The third-order valence-corrected chi connectivity index (χ3v) is 8.00. The third-order valence-electron chi connectivity index (χ3n) is 8.00. The molecule has 0 saturated heterocycles. The number of aromatic nitrogens is 2. The number of hydrogen-bond donors (Lipinski definition) is 2. The number of rotatable bonds is 19. The molecule has 0 atom stereocenters. The number of ether oxygens (including phenoxy) is 4. The molecule has 0 fully saturated rings. The Labute approximate surface area is 310 Å². The van der Waals surface area contributed by atoms with Gasteiger partial charge in [0.2, 0.25) is 0 Å². The van der Waals surface area contributed by atoms with Crippen LogP contribution in [-0.4, -0.2) is 35.8 Å². The maximum Gasteiger partial charge on any atom is 0.188 e. The van der Waals surface area contributed by atoms with Crippen LogP contribution < -0.4 is 30.0 Å². The predicted octanol–water partition coefficient (Wildman–Crippen LogP) is 7.80. The van der Waals surface area contributed by atoms with Gasteiger partial charge in [-0.25, -0.2) is 0 Å². The molecule has 9 nitrogen and oxygen atoms in total. The van der Waals surface area contributed by atoms with Gasteiger partial charge in [0.15, 0.2) is 23.0 Å². The minimum Gasteiger partial charge on any atom is -0.485 e. The van der Waals surface area contributed by atoms with Crippen molar-refractivity contribution in [3.8, 4) is 23.0 Å². The highest BCUT2D eigenvalue weighted by Gasteiger charge is 2.16. The zero-order chi connectivity index (χ0) is 36.3. The van der Waals surface area contributed by atoms with Gasteiger partial charge in [0.1, 0.15) is 37.8 Å². The van der Waals surface area contributed by atoms with Crippen LogP contribution in [0, 0.1) is 0 Å². The molecule has 53 heavy (non-hydrogen) atoms. The number of nitrogens with two attached hydrogens (primary N) is 1. The van der Waals surface area contributed by atoms with Crippen LogP contribution in [0.5, 0.6) is 23.0 Å². The molecule has 0 aliphatic heterocycles. The molecule has 6 rings (SSSR count). The summed E-state index contributed by atoms with van der Waals surface area (Å²) in [4.78, 5) is 14.3. The monoisotopic (exact) mass is 705 g/mol. The average molecular weight is 706 g/mol. The lowest BCUT2D eigenvalue weighted by Gasteiger charge is -2.16. The maximum absolute atomic E-state index is 6.43. The summed E-state index contributed by atoms with van der Waals surface area (Å²) >= 11 is 0. The second-order valence-corrected chi connectivity index (χ2v) is 12.0. The van der Waals surface area contributed by atoms with Crippen molar-refractivity contribution in [1.29, 1.82) is 0 Å². The summed E-state index contributed by atoms with van der Waals surface area (Å²) in [5, 5.41) is 3.36. The van der Waals surface area contributed by atoms with Crippen LogP contribution >= 0.6 is 0 Å². The van der Waals surface area contributed by atoms with E-state index in [2.05, 4.69) is 10.3 Å². The van der Waals surface area contributed by atoms with Gasteiger partial charge in [0, 0.05) is 44.2 Å². The number of benzene rings is 4.